The zero-order chi connectivity index (χ0) is 12.4. The molecule has 3 heteroatoms. The van der Waals surface area contributed by atoms with Crippen LogP contribution in [0.3, 0.4) is 0 Å². The summed E-state index contributed by atoms with van der Waals surface area (Å²) in [5.41, 5.74) is 1.27. The Balaban J connectivity index is 1.73. The van der Waals surface area contributed by atoms with Crippen molar-refractivity contribution >= 4 is 5.78 Å². The van der Waals surface area contributed by atoms with Crippen molar-refractivity contribution in [3.63, 3.8) is 0 Å². The molecule has 0 saturated heterocycles. The van der Waals surface area contributed by atoms with Crippen molar-refractivity contribution in [3.8, 4) is 5.75 Å². The summed E-state index contributed by atoms with van der Waals surface area (Å²) in [7, 11) is 0. The second-order valence-corrected chi connectivity index (χ2v) is 5.20. The number of Topliss-reactive ketones (excluding diaryl/α,β-unsaturated/α-hetero) is 1. The minimum atomic E-state index is 0.428. The van der Waals surface area contributed by atoms with Gasteiger partial charge < -0.3 is 4.74 Å². The fraction of sp³-hybridized carbons (Fsp3) is 0.533. The monoisotopic (exact) mass is 245 g/mol. The number of nitrogens with zero attached hydrogens (tertiary/aromatic N) is 1. The van der Waals surface area contributed by atoms with Crippen LogP contribution >= 0.6 is 0 Å². The summed E-state index contributed by atoms with van der Waals surface area (Å²) in [6.45, 7) is 2.67. The molecule has 0 bridgehead atoms. The molecular weight excluding hydrogens is 226 g/mol. The molecule has 0 amide bonds. The predicted octanol–water partition coefficient (Wildman–Crippen LogP) is 2.39. The summed E-state index contributed by atoms with van der Waals surface area (Å²) in [6.07, 6.45) is 3.54. The molecule has 1 heterocycles. The Morgan fingerprint density at radius 1 is 1.17 bits per heavy atom. The van der Waals surface area contributed by atoms with Gasteiger partial charge in [-0.25, -0.2) is 0 Å². The Kier molecular flexibility index (Phi) is 3.33. The molecule has 3 rings (SSSR count). The maximum atomic E-state index is 11.3. The van der Waals surface area contributed by atoms with Crippen LogP contribution in [-0.4, -0.2) is 29.9 Å². The van der Waals surface area contributed by atoms with E-state index in [2.05, 4.69) is 17.0 Å². The van der Waals surface area contributed by atoms with Crippen molar-refractivity contribution in [2.45, 2.75) is 38.3 Å². The van der Waals surface area contributed by atoms with Gasteiger partial charge in [0.2, 0.25) is 0 Å². The largest absolute Gasteiger partial charge is 0.492 e. The third-order valence-electron chi connectivity index (χ3n) is 4.01. The summed E-state index contributed by atoms with van der Waals surface area (Å²) in [4.78, 5) is 13.8. The first-order valence-corrected chi connectivity index (χ1v) is 6.79. The number of hydrogen-bond donors (Lipinski definition) is 0. The summed E-state index contributed by atoms with van der Waals surface area (Å²) < 4.78 is 5.78. The van der Waals surface area contributed by atoms with Crippen LogP contribution in [0, 0.1) is 0 Å². The zero-order valence-corrected chi connectivity index (χ0v) is 10.6. The molecule has 1 aromatic carbocycles. The molecule has 1 fully saturated rings. The molecule has 0 spiro atoms. The van der Waals surface area contributed by atoms with E-state index in [1.54, 1.807) is 0 Å². The van der Waals surface area contributed by atoms with Gasteiger partial charge in [-0.05, 0) is 18.9 Å². The lowest BCUT2D eigenvalue weighted by molar-refractivity contribution is -0.121. The van der Waals surface area contributed by atoms with Crippen LogP contribution in [-0.2, 0) is 11.3 Å². The molecule has 1 aromatic rings. The van der Waals surface area contributed by atoms with E-state index >= 15 is 0 Å². The molecule has 0 N–H and O–H groups in total. The Bertz CT molecular complexity index is 434. The third kappa shape index (κ3) is 2.41. The lowest BCUT2D eigenvalue weighted by Gasteiger charge is -2.32. The number of rotatable bonds is 1. The lowest BCUT2D eigenvalue weighted by atomic mass is 9.93. The van der Waals surface area contributed by atoms with Crippen LogP contribution in [0.15, 0.2) is 24.3 Å². The van der Waals surface area contributed by atoms with Crippen LogP contribution in [0.1, 0.15) is 31.2 Å². The van der Waals surface area contributed by atoms with E-state index in [1.165, 1.54) is 5.56 Å². The van der Waals surface area contributed by atoms with Crippen LogP contribution in [0.5, 0.6) is 5.75 Å². The molecule has 1 aliphatic heterocycles. The average molecular weight is 245 g/mol. The molecule has 0 unspecified atom stereocenters. The molecular formula is C15H19NO2. The Morgan fingerprint density at radius 2 is 1.94 bits per heavy atom. The maximum Gasteiger partial charge on any atom is 0.133 e. The number of carbonyl (C=O) groups excluding carboxylic acids is 1. The third-order valence-corrected chi connectivity index (χ3v) is 4.01. The van der Waals surface area contributed by atoms with E-state index < -0.39 is 0 Å². The van der Waals surface area contributed by atoms with E-state index in [4.69, 9.17) is 4.74 Å². The molecule has 1 aliphatic carbocycles. The minimum Gasteiger partial charge on any atom is -0.492 e. The van der Waals surface area contributed by atoms with Gasteiger partial charge in [-0.15, -0.1) is 0 Å². The summed E-state index contributed by atoms with van der Waals surface area (Å²) >= 11 is 0. The number of hydrogen-bond acceptors (Lipinski definition) is 3. The van der Waals surface area contributed by atoms with Crippen LogP contribution < -0.4 is 4.74 Å². The van der Waals surface area contributed by atoms with Crippen molar-refractivity contribution in [2.24, 2.45) is 0 Å². The first kappa shape index (κ1) is 11.7. The molecule has 0 radical (unpaired) electrons. The van der Waals surface area contributed by atoms with Crippen molar-refractivity contribution in [2.75, 3.05) is 13.2 Å². The quantitative estimate of drug-likeness (QED) is 0.761. The van der Waals surface area contributed by atoms with Gasteiger partial charge in [-0.3, -0.25) is 9.69 Å². The summed E-state index contributed by atoms with van der Waals surface area (Å²) in [6, 6.07) is 8.83. The minimum absolute atomic E-state index is 0.428. The van der Waals surface area contributed by atoms with Gasteiger partial charge in [0.1, 0.15) is 18.1 Å². The first-order chi connectivity index (χ1) is 8.83. The smallest absolute Gasteiger partial charge is 0.133 e. The Hall–Kier alpha value is -1.35. The van der Waals surface area contributed by atoms with E-state index in [0.29, 0.717) is 11.8 Å². The molecule has 96 valence electrons. The molecule has 3 nitrogen and oxygen atoms in total. The summed E-state index contributed by atoms with van der Waals surface area (Å²) in [5.74, 6) is 1.45. The van der Waals surface area contributed by atoms with Crippen molar-refractivity contribution in [1.29, 1.82) is 0 Å². The highest BCUT2D eigenvalue weighted by Gasteiger charge is 2.26. The molecule has 2 aliphatic rings. The van der Waals surface area contributed by atoms with E-state index in [-0.39, 0.29) is 0 Å². The zero-order valence-electron chi connectivity index (χ0n) is 10.6. The molecule has 18 heavy (non-hydrogen) atoms. The Morgan fingerprint density at radius 3 is 2.78 bits per heavy atom. The van der Waals surface area contributed by atoms with Gasteiger partial charge in [-0.2, -0.15) is 0 Å². The second kappa shape index (κ2) is 5.11. The van der Waals surface area contributed by atoms with E-state index in [1.807, 2.05) is 12.1 Å². The lowest BCUT2D eigenvalue weighted by Crippen LogP contribution is -2.39. The number of ether oxygens (including phenoxy) is 1. The van der Waals surface area contributed by atoms with E-state index in [0.717, 1.165) is 51.1 Å². The van der Waals surface area contributed by atoms with Crippen LogP contribution in [0.25, 0.3) is 0 Å². The van der Waals surface area contributed by atoms with Crippen molar-refractivity contribution in [1.82, 2.24) is 4.90 Å². The van der Waals surface area contributed by atoms with Gasteiger partial charge in [0.15, 0.2) is 0 Å². The van der Waals surface area contributed by atoms with Crippen LogP contribution in [0.2, 0.25) is 0 Å². The first-order valence-electron chi connectivity index (χ1n) is 6.79. The number of para-hydroxylation sites is 1. The van der Waals surface area contributed by atoms with Crippen molar-refractivity contribution in [3.05, 3.63) is 29.8 Å². The van der Waals surface area contributed by atoms with Gasteiger partial charge in [0.05, 0.1) is 0 Å². The topological polar surface area (TPSA) is 29.5 Å². The molecule has 0 aromatic heterocycles. The number of ketones is 1. The fourth-order valence-corrected chi connectivity index (χ4v) is 2.95. The van der Waals surface area contributed by atoms with Gasteiger partial charge in [-0.1, -0.05) is 18.2 Å². The van der Waals surface area contributed by atoms with Crippen molar-refractivity contribution < 1.29 is 9.53 Å². The average Bonchev–Trinajstić information content (AvgIpc) is 2.61. The number of benzene rings is 1. The Labute approximate surface area is 108 Å². The number of carbonyl (C=O) groups is 1. The van der Waals surface area contributed by atoms with E-state index in [9.17, 15) is 4.79 Å². The fourth-order valence-electron chi connectivity index (χ4n) is 2.95. The summed E-state index contributed by atoms with van der Waals surface area (Å²) in [5, 5.41) is 0. The number of fused-ring (bicyclic) bond motifs is 1. The highest BCUT2D eigenvalue weighted by atomic mass is 16.5. The SMILES string of the molecule is O=C1CCC(N2CCOc3ccccc3C2)CC1. The second-order valence-electron chi connectivity index (χ2n) is 5.20. The molecule has 1 saturated carbocycles. The van der Waals surface area contributed by atoms with Crippen LogP contribution in [0.4, 0.5) is 0 Å². The van der Waals surface area contributed by atoms with Gasteiger partial charge in [0, 0.05) is 37.5 Å². The standard InChI is InChI=1S/C15H19NO2/c17-14-7-5-13(6-8-14)16-9-10-18-15-4-2-1-3-12(15)11-16/h1-4,13H,5-11H2. The van der Waals surface area contributed by atoms with Gasteiger partial charge >= 0.3 is 0 Å². The normalized spacial score (nSPS) is 22.1. The molecule has 0 atom stereocenters. The maximum absolute atomic E-state index is 11.3. The highest BCUT2D eigenvalue weighted by molar-refractivity contribution is 5.79. The highest BCUT2D eigenvalue weighted by Crippen LogP contribution is 2.27. The predicted molar refractivity (Wildman–Crippen MR) is 69.6 cm³/mol. The van der Waals surface area contributed by atoms with Gasteiger partial charge in [0.25, 0.3) is 0 Å².